The normalized spacial score (nSPS) is 10.9. The quantitative estimate of drug-likeness (QED) is 0.219. The van der Waals surface area contributed by atoms with Gasteiger partial charge in [-0.2, -0.15) is 0 Å². The van der Waals surface area contributed by atoms with Gasteiger partial charge in [0.2, 0.25) is 0 Å². The molecule has 0 aliphatic carbocycles. The van der Waals surface area contributed by atoms with Crippen LogP contribution in [-0.2, 0) is 33.2 Å². The van der Waals surface area contributed by atoms with Crippen molar-refractivity contribution in [2.75, 3.05) is 92.5 Å². The van der Waals surface area contributed by atoms with Crippen molar-refractivity contribution in [1.82, 2.24) is 0 Å². The Kier molecular flexibility index (Phi) is 20.2. The predicted octanol–water partition coefficient (Wildman–Crippen LogP) is -0.227. The summed E-state index contributed by atoms with van der Waals surface area (Å²) in [7, 11) is 0. The van der Waals surface area contributed by atoms with Crippen molar-refractivity contribution in [3.05, 3.63) is 0 Å². The van der Waals surface area contributed by atoms with Gasteiger partial charge in [0.1, 0.15) is 6.61 Å². The Hall–Kier alpha value is -1.01. The maximum Gasteiger partial charge on any atom is 0.505 e. The number of aliphatic hydroxyl groups excluding tert-OH is 1. The third kappa shape index (κ3) is 23.0. The molecule has 25 heavy (non-hydrogen) atoms. The Labute approximate surface area is 147 Å². The van der Waals surface area contributed by atoms with Gasteiger partial charge in [-0.3, -0.25) is 0 Å². The molecule has 0 bridgehead atoms. The molecule has 0 rings (SSSR count). The Balaban J connectivity index is 2.97. The maximum absolute atomic E-state index is 10.0. The van der Waals surface area contributed by atoms with Crippen LogP contribution in [0.4, 0.5) is 4.79 Å². The summed E-state index contributed by atoms with van der Waals surface area (Å²) in [6.07, 6.45) is -1.31. The highest BCUT2D eigenvalue weighted by atomic mass is 16.7. The Morgan fingerprint density at radius 3 is 1.08 bits per heavy atom. The standard InChI is InChI=1S/C15H30O10/c16-1-2-19-3-4-20-5-6-21-7-8-22-9-10-23-11-12-24-13-14-25-15(17)18/h16H,1-14H2,(H,17,18). The fourth-order valence-corrected chi connectivity index (χ4v) is 1.45. The van der Waals surface area contributed by atoms with Crippen LogP contribution < -0.4 is 0 Å². The Morgan fingerprint density at radius 1 is 0.520 bits per heavy atom. The van der Waals surface area contributed by atoms with Gasteiger partial charge in [0, 0.05) is 0 Å². The number of hydrogen-bond acceptors (Lipinski definition) is 9. The minimum atomic E-state index is -1.31. The van der Waals surface area contributed by atoms with Crippen LogP contribution in [0, 0.1) is 0 Å². The van der Waals surface area contributed by atoms with Crippen molar-refractivity contribution in [2.24, 2.45) is 0 Å². The second-order valence-electron chi connectivity index (χ2n) is 4.51. The van der Waals surface area contributed by atoms with Gasteiger partial charge < -0.3 is 43.4 Å². The molecule has 0 spiro atoms. The van der Waals surface area contributed by atoms with Crippen LogP contribution in [0.3, 0.4) is 0 Å². The summed E-state index contributed by atoms with van der Waals surface area (Å²) >= 11 is 0. The minimum absolute atomic E-state index is 0.0149. The smallest absolute Gasteiger partial charge is 0.450 e. The van der Waals surface area contributed by atoms with Gasteiger partial charge in [-0.15, -0.1) is 0 Å². The molecular weight excluding hydrogens is 340 g/mol. The van der Waals surface area contributed by atoms with E-state index in [0.717, 1.165) is 0 Å². The molecule has 0 saturated carbocycles. The van der Waals surface area contributed by atoms with Crippen molar-refractivity contribution in [3.63, 3.8) is 0 Å². The highest BCUT2D eigenvalue weighted by molar-refractivity contribution is 5.56. The molecule has 0 heterocycles. The SMILES string of the molecule is O=C(O)OCCOCCOCCOCCOCCOCCOCCO. The second kappa shape index (κ2) is 21.0. The predicted molar refractivity (Wildman–Crippen MR) is 86.0 cm³/mol. The lowest BCUT2D eigenvalue weighted by Crippen LogP contribution is -2.15. The fourth-order valence-electron chi connectivity index (χ4n) is 1.45. The Bertz CT molecular complexity index is 277. The summed E-state index contributed by atoms with van der Waals surface area (Å²) in [5, 5.41) is 16.7. The molecule has 0 unspecified atom stereocenters. The molecule has 0 aromatic heterocycles. The molecule has 0 saturated heterocycles. The fraction of sp³-hybridized carbons (Fsp3) is 0.933. The van der Waals surface area contributed by atoms with E-state index in [1.54, 1.807) is 0 Å². The zero-order valence-electron chi connectivity index (χ0n) is 14.6. The van der Waals surface area contributed by atoms with Gasteiger partial charge in [0.25, 0.3) is 0 Å². The zero-order valence-corrected chi connectivity index (χ0v) is 14.6. The first-order valence-electron chi connectivity index (χ1n) is 8.20. The number of ether oxygens (including phenoxy) is 7. The van der Waals surface area contributed by atoms with Gasteiger partial charge in [-0.25, -0.2) is 4.79 Å². The molecule has 0 amide bonds. The van der Waals surface area contributed by atoms with Crippen molar-refractivity contribution >= 4 is 6.16 Å². The molecule has 2 N–H and O–H groups in total. The highest BCUT2D eigenvalue weighted by Gasteiger charge is 1.96. The van der Waals surface area contributed by atoms with Crippen LogP contribution in [0.25, 0.3) is 0 Å². The van der Waals surface area contributed by atoms with Crippen LogP contribution in [0.2, 0.25) is 0 Å². The first-order valence-corrected chi connectivity index (χ1v) is 8.20. The van der Waals surface area contributed by atoms with E-state index in [2.05, 4.69) is 4.74 Å². The van der Waals surface area contributed by atoms with Crippen molar-refractivity contribution < 1.29 is 48.2 Å². The van der Waals surface area contributed by atoms with Gasteiger partial charge in [0.05, 0.1) is 85.9 Å². The number of rotatable bonds is 20. The average Bonchev–Trinajstić information content (AvgIpc) is 2.60. The summed E-state index contributed by atoms with van der Waals surface area (Å²) in [5.74, 6) is 0. The van der Waals surface area contributed by atoms with Gasteiger partial charge >= 0.3 is 6.16 Å². The molecule has 0 aliphatic heterocycles. The average molecular weight is 370 g/mol. The van der Waals surface area contributed by atoms with Gasteiger partial charge in [0.15, 0.2) is 0 Å². The first-order chi connectivity index (χ1) is 12.3. The molecule has 10 nitrogen and oxygen atoms in total. The van der Waals surface area contributed by atoms with Crippen molar-refractivity contribution in [1.29, 1.82) is 0 Å². The lowest BCUT2D eigenvalue weighted by molar-refractivity contribution is -0.0204. The van der Waals surface area contributed by atoms with Gasteiger partial charge in [-0.05, 0) is 0 Å². The van der Waals surface area contributed by atoms with E-state index in [1.807, 2.05) is 0 Å². The molecule has 0 radical (unpaired) electrons. The van der Waals surface area contributed by atoms with E-state index in [-0.39, 0.29) is 19.8 Å². The van der Waals surface area contributed by atoms with Crippen molar-refractivity contribution in [2.45, 2.75) is 0 Å². The largest absolute Gasteiger partial charge is 0.505 e. The molecular formula is C15H30O10. The first kappa shape index (κ1) is 24.0. The molecule has 0 aromatic carbocycles. The van der Waals surface area contributed by atoms with Crippen LogP contribution in [0.1, 0.15) is 0 Å². The van der Waals surface area contributed by atoms with E-state index < -0.39 is 6.16 Å². The van der Waals surface area contributed by atoms with E-state index in [4.69, 9.17) is 38.6 Å². The topological polar surface area (TPSA) is 122 Å². The van der Waals surface area contributed by atoms with Crippen LogP contribution in [-0.4, -0.2) is 109 Å². The summed E-state index contributed by atoms with van der Waals surface area (Å²) in [4.78, 5) is 10.0. The highest BCUT2D eigenvalue weighted by Crippen LogP contribution is 1.85. The number of carbonyl (C=O) groups is 1. The summed E-state index contributed by atoms with van der Waals surface area (Å²) in [6.45, 7) is 5.15. The molecule has 150 valence electrons. The lowest BCUT2D eigenvalue weighted by Gasteiger charge is -2.08. The minimum Gasteiger partial charge on any atom is -0.450 e. The van der Waals surface area contributed by atoms with Crippen molar-refractivity contribution in [3.8, 4) is 0 Å². The van der Waals surface area contributed by atoms with E-state index in [1.165, 1.54) is 0 Å². The lowest BCUT2D eigenvalue weighted by atomic mass is 10.6. The molecule has 0 fully saturated rings. The molecule has 0 aromatic rings. The van der Waals surface area contributed by atoms with Crippen LogP contribution >= 0.6 is 0 Å². The molecule has 0 aliphatic rings. The van der Waals surface area contributed by atoms with E-state index in [9.17, 15) is 4.79 Å². The van der Waals surface area contributed by atoms with Gasteiger partial charge in [-0.1, -0.05) is 0 Å². The molecule has 0 atom stereocenters. The third-order valence-electron chi connectivity index (χ3n) is 2.55. The van der Waals surface area contributed by atoms with Crippen LogP contribution in [0.15, 0.2) is 0 Å². The number of hydrogen-bond donors (Lipinski definition) is 2. The van der Waals surface area contributed by atoms with E-state index >= 15 is 0 Å². The summed E-state index contributed by atoms with van der Waals surface area (Å²) in [6, 6.07) is 0. The molecule has 10 heteroatoms. The number of carboxylic acid groups (broad SMARTS) is 1. The summed E-state index contributed by atoms with van der Waals surface area (Å²) in [5.41, 5.74) is 0. The maximum atomic E-state index is 10.0. The summed E-state index contributed by atoms with van der Waals surface area (Å²) < 4.78 is 35.6. The second-order valence-corrected chi connectivity index (χ2v) is 4.51. The van der Waals surface area contributed by atoms with E-state index in [0.29, 0.717) is 72.7 Å². The Morgan fingerprint density at radius 2 is 0.800 bits per heavy atom. The van der Waals surface area contributed by atoms with Crippen LogP contribution in [0.5, 0.6) is 0 Å². The zero-order chi connectivity index (χ0) is 18.4. The third-order valence-corrected chi connectivity index (χ3v) is 2.55. The number of aliphatic hydroxyl groups is 1. The monoisotopic (exact) mass is 370 g/mol.